The summed E-state index contributed by atoms with van der Waals surface area (Å²) in [6.45, 7) is 11.5. The normalized spacial score (nSPS) is 20.7. The maximum Gasteiger partial charge on any atom is 0.237 e. The summed E-state index contributed by atoms with van der Waals surface area (Å²) in [5, 5.41) is 6.32. The van der Waals surface area contributed by atoms with Crippen LogP contribution in [-0.2, 0) is 4.79 Å². The lowest BCUT2D eigenvalue weighted by Gasteiger charge is -2.30. The van der Waals surface area contributed by atoms with Crippen molar-refractivity contribution in [3.63, 3.8) is 0 Å². The summed E-state index contributed by atoms with van der Waals surface area (Å²) in [6, 6.07) is 0.447. The second-order valence-corrected chi connectivity index (χ2v) is 5.81. The van der Waals surface area contributed by atoms with E-state index in [1.165, 1.54) is 32.4 Å². The van der Waals surface area contributed by atoms with Crippen molar-refractivity contribution in [1.29, 1.82) is 0 Å². The molecule has 0 aliphatic carbocycles. The molecule has 1 amide bonds. The number of carbonyl (C=O) groups excluding carboxylic acids is 1. The Morgan fingerprint density at radius 3 is 2.28 bits per heavy atom. The van der Waals surface area contributed by atoms with Crippen LogP contribution in [-0.4, -0.2) is 48.6 Å². The first-order valence-electron chi connectivity index (χ1n) is 7.28. The molecule has 4 heteroatoms. The number of amides is 1. The predicted molar refractivity (Wildman–Crippen MR) is 75.6 cm³/mol. The van der Waals surface area contributed by atoms with E-state index in [0.717, 1.165) is 6.54 Å². The minimum atomic E-state index is -0.118. The summed E-state index contributed by atoms with van der Waals surface area (Å²) in [5.41, 5.74) is 0. The zero-order chi connectivity index (χ0) is 13.5. The number of hydrogen-bond donors (Lipinski definition) is 2. The minimum absolute atomic E-state index is 0.0931. The number of rotatable bonds is 6. The minimum Gasteiger partial charge on any atom is -0.353 e. The van der Waals surface area contributed by atoms with Crippen LogP contribution in [0.5, 0.6) is 0 Å². The van der Waals surface area contributed by atoms with E-state index >= 15 is 0 Å². The van der Waals surface area contributed by atoms with Crippen molar-refractivity contribution in [3.05, 3.63) is 0 Å². The fourth-order valence-corrected chi connectivity index (χ4v) is 2.49. The van der Waals surface area contributed by atoms with E-state index < -0.39 is 0 Å². The van der Waals surface area contributed by atoms with Crippen molar-refractivity contribution in [2.45, 2.75) is 65.1 Å². The van der Waals surface area contributed by atoms with Crippen molar-refractivity contribution >= 4 is 5.91 Å². The summed E-state index contributed by atoms with van der Waals surface area (Å²) in [7, 11) is 0. The molecule has 0 aromatic rings. The van der Waals surface area contributed by atoms with Crippen LogP contribution in [0.2, 0.25) is 0 Å². The van der Waals surface area contributed by atoms with Gasteiger partial charge in [0.05, 0.1) is 6.04 Å². The van der Waals surface area contributed by atoms with E-state index in [9.17, 15) is 4.79 Å². The molecule has 1 rings (SSSR count). The molecule has 0 aromatic carbocycles. The molecule has 18 heavy (non-hydrogen) atoms. The largest absolute Gasteiger partial charge is 0.353 e. The lowest BCUT2D eigenvalue weighted by molar-refractivity contribution is -0.123. The van der Waals surface area contributed by atoms with E-state index in [1.807, 2.05) is 20.8 Å². The van der Waals surface area contributed by atoms with Gasteiger partial charge in [0.2, 0.25) is 5.91 Å². The van der Waals surface area contributed by atoms with Crippen molar-refractivity contribution in [3.8, 4) is 0 Å². The summed E-state index contributed by atoms with van der Waals surface area (Å²) >= 11 is 0. The quantitative estimate of drug-likeness (QED) is 0.753. The third-order valence-corrected chi connectivity index (χ3v) is 3.34. The van der Waals surface area contributed by atoms with Crippen molar-refractivity contribution in [1.82, 2.24) is 15.5 Å². The highest BCUT2D eigenvalue weighted by Gasteiger charge is 2.18. The Labute approximate surface area is 111 Å². The lowest BCUT2D eigenvalue weighted by Crippen LogP contribution is -2.50. The third-order valence-electron chi connectivity index (χ3n) is 3.34. The number of hydrogen-bond acceptors (Lipinski definition) is 3. The Kier molecular flexibility index (Phi) is 6.65. The Morgan fingerprint density at radius 2 is 1.72 bits per heavy atom. The van der Waals surface area contributed by atoms with Gasteiger partial charge in [-0.1, -0.05) is 6.42 Å². The maximum absolute atomic E-state index is 11.8. The molecule has 1 aliphatic heterocycles. The van der Waals surface area contributed by atoms with Gasteiger partial charge in [-0.15, -0.1) is 0 Å². The molecule has 2 atom stereocenters. The summed E-state index contributed by atoms with van der Waals surface area (Å²) in [4.78, 5) is 14.3. The molecule has 0 saturated carbocycles. The first kappa shape index (κ1) is 15.4. The average molecular weight is 255 g/mol. The van der Waals surface area contributed by atoms with E-state index in [-0.39, 0.29) is 18.0 Å². The van der Waals surface area contributed by atoms with Crippen LogP contribution in [0.15, 0.2) is 0 Å². The standard InChI is InChI=1S/C14H29N3O/c1-11(2)15-14(18)13(4)16-12(3)10-17-8-6-5-7-9-17/h11-13,16H,5-10H2,1-4H3,(H,15,18). The number of piperidine rings is 1. The summed E-state index contributed by atoms with van der Waals surface area (Å²) in [5.74, 6) is 0.0931. The zero-order valence-corrected chi connectivity index (χ0v) is 12.3. The lowest BCUT2D eigenvalue weighted by atomic mass is 10.1. The van der Waals surface area contributed by atoms with Crippen molar-refractivity contribution in [2.24, 2.45) is 0 Å². The van der Waals surface area contributed by atoms with Gasteiger partial charge in [-0.3, -0.25) is 4.79 Å². The van der Waals surface area contributed by atoms with Crippen molar-refractivity contribution in [2.75, 3.05) is 19.6 Å². The molecule has 0 bridgehead atoms. The van der Waals surface area contributed by atoms with Crippen molar-refractivity contribution < 1.29 is 4.79 Å². The number of likely N-dealkylation sites (tertiary alicyclic amines) is 1. The van der Waals surface area contributed by atoms with Gasteiger partial charge in [0.15, 0.2) is 0 Å². The molecule has 1 saturated heterocycles. The predicted octanol–water partition coefficient (Wildman–Crippen LogP) is 1.36. The van der Waals surface area contributed by atoms with Gasteiger partial charge in [-0.05, 0) is 53.6 Å². The van der Waals surface area contributed by atoms with Crippen LogP contribution in [0, 0.1) is 0 Å². The second-order valence-electron chi connectivity index (χ2n) is 5.81. The average Bonchev–Trinajstić information content (AvgIpc) is 2.29. The molecule has 2 N–H and O–H groups in total. The van der Waals surface area contributed by atoms with Gasteiger partial charge in [-0.2, -0.15) is 0 Å². The number of nitrogens with zero attached hydrogens (tertiary/aromatic N) is 1. The Hall–Kier alpha value is -0.610. The maximum atomic E-state index is 11.8. The van der Waals surface area contributed by atoms with Crippen LogP contribution in [0.25, 0.3) is 0 Å². The Bertz CT molecular complexity index is 249. The Morgan fingerprint density at radius 1 is 1.11 bits per heavy atom. The van der Waals surface area contributed by atoms with Gasteiger partial charge in [0, 0.05) is 18.6 Å². The topological polar surface area (TPSA) is 44.4 Å². The Balaban J connectivity index is 2.25. The first-order valence-corrected chi connectivity index (χ1v) is 7.28. The molecule has 106 valence electrons. The van der Waals surface area contributed by atoms with Gasteiger partial charge < -0.3 is 15.5 Å². The molecule has 0 spiro atoms. The van der Waals surface area contributed by atoms with E-state index in [2.05, 4.69) is 22.5 Å². The molecule has 0 radical (unpaired) electrons. The molecular formula is C14H29N3O. The SMILES string of the molecule is CC(C)NC(=O)C(C)NC(C)CN1CCCCC1. The molecule has 2 unspecified atom stereocenters. The summed E-state index contributed by atoms with van der Waals surface area (Å²) < 4.78 is 0. The number of carbonyl (C=O) groups is 1. The second kappa shape index (κ2) is 7.74. The van der Waals surface area contributed by atoms with E-state index in [0.29, 0.717) is 6.04 Å². The molecule has 1 aliphatic rings. The smallest absolute Gasteiger partial charge is 0.237 e. The van der Waals surface area contributed by atoms with Gasteiger partial charge >= 0.3 is 0 Å². The van der Waals surface area contributed by atoms with Gasteiger partial charge in [-0.25, -0.2) is 0 Å². The number of nitrogens with one attached hydrogen (secondary N) is 2. The molecule has 0 aromatic heterocycles. The van der Waals surface area contributed by atoms with Gasteiger partial charge in [0.1, 0.15) is 0 Å². The molecule has 4 nitrogen and oxygen atoms in total. The highest BCUT2D eigenvalue weighted by atomic mass is 16.2. The summed E-state index contributed by atoms with van der Waals surface area (Å²) in [6.07, 6.45) is 4.00. The fraction of sp³-hybridized carbons (Fsp3) is 0.929. The van der Waals surface area contributed by atoms with Crippen LogP contribution in [0.1, 0.15) is 47.0 Å². The van der Waals surface area contributed by atoms with E-state index in [4.69, 9.17) is 0 Å². The molecule has 1 heterocycles. The fourth-order valence-electron chi connectivity index (χ4n) is 2.49. The zero-order valence-electron chi connectivity index (χ0n) is 12.3. The van der Waals surface area contributed by atoms with Crippen LogP contribution < -0.4 is 10.6 Å². The first-order chi connectivity index (χ1) is 8.49. The van der Waals surface area contributed by atoms with Crippen LogP contribution in [0.4, 0.5) is 0 Å². The van der Waals surface area contributed by atoms with E-state index in [1.54, 1.807) is 0 Å². The third kappa shape index (κ3) is 5.83. The molecule has 1 fully saturated rings. The van der Waals surface area contributed by atoms with Gasteiger partial charge in [0.25, 0.3) is 0 Å². The van der Waals surface area contributed by atoms with Crippen LogP contribution in [0.3, 0.4) is 0 Å². The monoisotopic (exact) mass is 255 g/mol. The van der Waals surface area contributed by atoms with Crippen LogP contribution >= 0.6 is 0 Å². The highest BCUT2D eigenvalue weighted by Crippen LogP contribution is 2.08. The molecular weight excluding hydrogens is 226 g/mol. The highest BCUT2D eigenvalue weighted by molar-refractivity contribution is 5.81.